The summed E-state index contributed by atoms with van der Waals surface area (Å²) in [5.41, 5.74) is 3.35. The molecule has 2 aromatic heterocycles. The molecule has 0 amide bonds. The van der Waals surface area contributed by atoms with Crippen LogP contribution in [0, 0.1) is 11.6 Å². The lowest BCUT2D eigenvalue weighted by molar-refractivity contribution is 0.585. The number of H-pyrrole nitrogens is 1. The lowest BCUT2D eigenvalue weighted by Gasteiger charge is -2.10. The predicted molar refractivity (Wildman–Crippen MR) is 84.7 cm³/mol. The minimum Gasteiger partial charge on any atom is -0.278 e. The summed E-state index contributed by atoms with van der Waals surface area (Å²) in [6, 6.07) is 13.0. The van der Waals surface area contributed by atoms with Gasteiger partial charge in [0.15, 0.2) is 0 Å². The predicted octanol–water partition coefficient (Wildman–Crippen LogP) is 4.57. The number of hydrogen-bond donors (Lipinski definition) is 1. The van der Waals surface area contributed by atoms with E-state index in [2.05, 4.69) is 15.2 Å². The van der Waals surface area contributed by atoms with E-state index >= 15 is 0 Å². The molecule has 0 aliphatic carbocycles. The van der Waals surface area contributed by atoms with Crippen LogP contribution in [0.15, 0.2) is 60.9 Å². The van der Waals surface area contributed by atoms with E-state index < -0.39 is 11.6 Å². The van der Waals surface area contributed by atoms with Gasteiger partial charge < -0.3 is 0 Å². The van der Waals surface area contributed by atoms with Crippen molar-refractivity contribution in [1.82, 2.24) is 15.2 Å². The van der Waals surface area contributed by atoms with Gasteiger partial charge in [-0.15, -0.1) is 0 Å². The molecule has 0 spiro atoms. The molecule has 0 unspecified atom stereocenters. The number of nitrogens with zero attached hydrogens (tertiary/aromatic N) is 2. The molecule has 5 heteroatoms. The first-order valence-corrected chi connectivity index (χ1v) is 7.06. The first kappa shape index (κ1) is 13.6. The second-order valence-electron chi connectivity index (χ2n) is 5.20. The Bertz CT molecular complexity index is 1010. The number of pyridine rings is 1. The van der Waals surface area contributed by atoms with Crippen LogP contribution in [-0.2, 0) is 0 Å². The highest BCUT2D eigenvalue weighted by atomic mass is 19.1. The van der Waals surface area contributed by atoms with Crippen molar-refractivity contribution in [3.05, 3.63) is 72.6 Å². The molecule has 4 aromatic rings. The van der Waals surface area contributed by atoms with Gasteiger partial charge in [0.25, 0.3) is 0 Å². The molecule has 3 nitrogen and oxygen atoms in total. The summed E-state index contributed by atoms with van der Waals surface area (Å²) in [5, 5.41) is 7.85. The van der Waals surface area contributed by atoms with E-state index in [1.54, 1.807) is 18.5 Å². The quantitative estimate of drug-likeness (QED) is 0.589. The van der Waals surface area contributed by atoms with Crippen LogP contribution >= 0.6 is 0 Å². The fraction of sp³-hybridized carbons (Fsp3) is 0. The van der Waals surface area contributed by atoms with Crippen molar-refractivity contribution in [3.8, 4) is 22.4 Å². The first-order valence-electron chi connectivity index (χ1n) is 7.06. The third-order valence-electron chi connectivity index (χ3n) is 3.75. The van der Waals surface area contributed by atoms with Gasteiger partial charge in [-0.05, 0) is 35.9 Å². The van der Waals surface area contributed by atoms with Gasteiger partial charge in [0.1, 0.15) is 11.6 Å². The lowest BCUT2D eigenvalue weighted by atomic mass is 9.98. The first-order chi connectivity index (χ1) is 11.2. The molecular weight excluding hydrogens is 296 g/mol. The van der Waals surface area contributed by atoms with Crippen molar-refractivity contribution in [1.29, 1.82) is 0 Å². The zero-order valence-electron chi connectivity index (χ0n) is 11.9. The molecular formula is C18H11F2N3. The summed E-state index contributed by atoms with van der Waals surface area (Å²) in [4.78, 5) is 4.30. The number of rotatable bonds is 2. The van der Waals surface area contributed by atoms with E-state index in [1.165, 1.54) is 12.1 Å². The molecule has 2 aromatic carbocycles. The van der Waals surface area contributed by atoms with Crippen molar-refractivity contribution in [2.45, 2.75) is 0 Å². The molecule has 0 radical (unpaired) electrons. The molecule has 0 saturated heterocycles. The Morgan fingerprint density at radius 2 is 1.83 bits per heavy atom. The van der Waals surface area contributed by atoms with Gasteiger partial charge in [-0.1, -0.05) is 12.1 Å². The Kier molecular flexibility index (Phi) is 3.12. The van der Waals surface area contributed by atoms with Crippen LogP contribution in [-0.4, -0.2) is 15.2 Å². The van der Waals surface area contributed by atoms with Crippen molar-refractivity contribution in [2.24, 2.45) is 0 Å². The standard InChI is InChI=1S/C18H11F2N3/c19-13-4-5-15(16(20)9-13)18-14(2-1-7-21-18)11-3-6-17-12(8-11)10-22-23-17/h1-10H,(H,22,23). The highest BCUT2D eigenvalue weighted by Crippen LogP contribution is 2.33. The van der Waals surface area contributed by atoms with Gasteiger partial charge in [-0.3, -0.25) is 10.1 Å². The molecule has 0 saturated carbocycles. The number of aromatic nitrogens is 3. The Labute approximate surface area is 130 Å². The molecule has 0 atom stereocenters. The zero-order chi connectivity index (χ0) is 15.8. The molecule has 112 valence electrons. The third kappa shape index (κ3) is 2.36. The smallest absolute Gasteiger partial charge is 0.135 e. The largest absolute Gasteiger partial charge is 0.278 e. The van der Waals surface area contributed by atoms with E-state index in [0.29, 0.717) is 5.69 Å². The van der Waals surface area contributed by atoms with Crippen LogP contribution < -0.4 is 0 Å². The summed E-state index contributed by atoms with van der Waals surface area (Å²) in [6.45, 7) is 0. The Morgan fingerprint density at radius 1 is 0.913 bits per heavy atom. The number of fused-ring (bicyclic) bond motifs is 1. The van der Waals surface area contributed by atoms with Gasteiger partial charge in [0, 0.05) is 28.8 Å². The second kappa shape index (κ2) is 5.28. The fourth-order valence-electron chi connectivity index (χ4n) is 2.64. The van der Waals surface area contributed by atoms with Crippen molar-refractivity contribution in [3.63, 3.8) is 0 Å². The van der Waals surface area contributed by atoms with E-state index in [4.69, 9.17) is 0 Å². The maximum atomic E-state index is 14.1. The van der Waals surface area contributed by atoms with Gasteiger partial charge in [0.05, 0.1) is 17.4 Å². The zero-order valence-corrected chi connectivity index (χ0v) is 11.9. The maximum absolute atomic E-state index is 14.1. The monoisotopic (exact) mass is 307 g/mol. The van der Waals surface area contributed by atoms with Crippen molar-refractivity contribution in [2.75, 3.05) is 0 Å². The van der Waals surface area contributed by atoms with Crippen LogP contribution in [0.1, 0.15) is 0 Å². The number of hydrogen-bond acceptors (Lipinski definition) is 2. The molecule has 1 N–H and O–H groups in total. The van der Waals surface area contributed by atoms with E-state index in [1.807, 2.05) is 24.3 Å². The number of benzene rings is 2. The highest BCUT2D eigenvalue weighted by molar-refractivity contribution is 5.88. The van der Waals surface area contributed by atoms with Crippen LogP contribution in [0.5, 0.6) is 0 Å². The summed E-state index contributed by atoms with van der Waals surface area (Å²) < 4.78 is 27.3. The molecule has 0 aliphatic rings. The van der Waals surface area contributed by atoms with Crippen molar-refractivity contribution < 1.29 is 8.78 Å². The van der Waals surface area contributed by atoms with Crippen LogP contribution in [0.4, 0.5) is 8.78 Å². The molecule has 23 heavy (non-hydrogen) atoms. The molecule has 0 fully saturated rings. The number of aromatic amines is 1. The average Bonchev–Trinajstić information content (AvgIpc) is 3.02. The Balaban J connectivity index is 1.92. The SMILES string of the molecule is Fc1ccc(-c2ncccc2-c2ccc3[nH]ncc3c2)c(F)c1. The lowest BCUT2D eigenvalue weighted by Crippen LogP contribution is -1.92. The third-order valence-corrected chi connectivity index (χ3v) is 3.75. The van der Waals surface area contributed by atoms with Crippen LogP contribution in [0.25, 0.3) is 33.3 Å². The Morgan fingerprint density at radius 3 is 2.70 bits per heavy atom. The number of nitrogens with one attached hydrogen (secondary N) is 1. The van der Waals surface area contributed by atoms with E-state index in [9.17, 15) is 8.78 Å². The molecule has 2 heterocycles. The topological polar surface area (TPSA) is 41.6 Å². The van der Waals surface area contributed by atoms with Gasteiger partial charge >= 0.3 is 0 Å². The van der Waals surface area contributed by atoms with Crippen molar-refractivity contribution >= 4 is 10.9 Å². The minimum atomic E-state index is -0.630. The summed E-state index contributed by atoms with van der Waals surface area (Å²) in [6.07, 6.45) is 3.32. The summed E-state index contributed by atoms with van der Waals surface area (Å²) in [5.74, 6) is -1.24. The normalized spacial score (nSPS) is 11.0. The van der Waals surface area contributed by atoms with Gasteiger partial charge in [-0.2, -0.15) is 5.10 Å². The van der Waals surface area contributed by atoms with E-state index in [0.717, 1.165) is 28.1 Å². The van der Waals surface area contributed by atoms with E-state index in [-0.39, 0.29) is 5.56 Å². The molecule has 4 rings (SSSR count). The van der Waals surface area contributed by atoms with Crippen LogP contribution in [0.3, 0.4) is 0 Å². The highest BCUT2D eigenvalue weighted by Gasteiger charge is 2.13. The summed E-state index contributed by atoms with van der Waals surface area (Å²) >= 11 is 0. The van der Waals surface area contributed by atoms with Crippen LogP contribution in [0.2, 0.25) is 0 Å². The Hall–Kier alpha value is -3.08. The molecule has 0 aliphatic heterocycles. The maximum Gasteiger partial charge on any atom is 0.135 e. The van der Waals surface area contributed by atoms with Gasteiger partial charge in [0.2, 0.25) is 0 Å². The minimum absolute atomic E-state index is 0.272. The average molecular weight is 307 g/mol. The van der Waals surface area contributed by atoms with Gasteiger partial charge in [-0.25, -0.2) is 8.78 Å². The molecule has 0 bridgehead atoms. The number of halogens is 2. The summed E-state index contributed by atoms with van der Waals surface area (Å²) in [7, 11) is 0. The fourth-order valence-corrected chi connectivity index (χ4v) is 2.64. The second-order valence-corrected chi connectivity index (χ2v) is 5.20.